The van der Waals surface area contributed by atoms with Crippen LogP contribution in [0.4, 0.5) is 0 Å². The fraction of sp³-hybridized carbons (Fsp3) is 0.727. The Hall–Kier alpha value is -1.63. The van der Waals surface area contributed by atoms with Gasteiger partial charge in [-0.1, -0.05) is 20.8 Å². The second-order valence-corrected chi connectivity index (χ2v) is 4.28. The summed E-state index contributed by atoms with van der Waals surface area (Å²) in [6, 6.07) is -1.94. The molecule has 18 heavy (non-hydrogen) atoms. The largest absolute Gasteiger partial charge is 0.481 e. The Morgan fingerprint density at radius 2 is 1.72 bits per heavy atom. The average Bonchev–Trinajstić information content (AvgIpc) is 2.23. The number of hydrogen-bond acceptors (Lipinski definition) is 4. The van der Waals surface area contributed by atoms with Gasteiger partial charge in [0.15, 0.2) is 0 Å². The molecule has 0 unspecified atom stereocenters. The monoisotopic (exact) mass is 260 g/mol. The van der Waals surface area contributed by atoms with Crippen molar-refractivity contribution in [1.82, 2.24) is 10.6 Å². The molecule has 0 bridgehead atoms. The lowest BCUT2D eigenvalue weighted by atomic mass is 10.0. The van der Waals surface area contributed by atoms with E-state index in [1.807, 2.05) is 20.8 Å². The molecule has 0 fully saturated rings. The van der Waals surface area contributed by atoms with E-state index in [1.54, 1.807) is 0 Å². The van der Waals surface area contributed by atoms with Gasteiger partial charge in [-0.05, 0) is 12.5 Å². The zero-order chi connectivity index (χ0) is 14.3. The first-order valence-electron chi connectivity index (χ1n) is 5.77. The number of carbonyl (C=O) groups excluding carboxylic acids is 1. The van der Waals surface area contributed by atoms with Crippen molar-refractivity contribution in [2.24, 2.45) is 5.92 Å². The highest BCUT2D eigenvalue weighted by atomic mass is 16.4. The highest BCUT2D eigenvalue weighted by Crippen LogP contribution is 2.03. The first-order valence-corrected chi connectivity index (χ1v) is 5.77. The van der Waals surface area contributed by atoms with Crippen LogP contribution in [0.1, 0.15) is 27.2 Å². The summed E-state index contributed by atoms with van der Waals surface area (Å²) in [7, 11) is 0. The SMILES string of the molecule is CCN[C@H](C(=O)N[C@@H](CC(=O)O)C(=O)O)C(C)C. The molecule has 0 aliphatic rings. The van der Waals surface area contributed by atoms with Crippen LogP contribution in [-0.2, 0) is 14.4 Å². The van der Waals surface area contributed by atoms with Crippen molar-refractivity contribution in [3.05, 3.63) is 0 Å². The van der Waals surface area contributed by atoms with E-state index in [0.29, 0.717) is 6.54 Å². The predicted octanol–water partition coefficient (Wildman–Crippen LogP) is -0.335. The summed E-state index contributed by atoms with van der Waals surface area (Å²) >= 11 is 0. The highest BCUT2D eigenvalue weighted by Gasteiger charge is 2.28. The van der Waals surface area contributed by atoms with Gasteiger partial charge >= 0.3 is 11.9 Å². The fourth-order valence-electron chi connectivity index (χ4n) is 1.49. The van der Waals surface area contributed by atoms with Gasteiger partial charge in [-0.3, -0.25) is 9.59 Å². The first kappa shape index (κ1) is 16.4. The molecule has 0 heterocycles. The zero-order valence-corrected chi connectivity index (χ0v) is 10.8. The molecule has 2 atom stereocenters. The van der Waals surface area contributed by atoms with Crippen molar-refractivity contribution in [1.29, 1.82) is 0 Å². The summed E-state index contributed by atoms with van der Waals surface area (Å²) < 4.78 is 0. The van der Waals surface area contributed by atoms with Crippen LogP contribution < -0.4 is 10.6 Å². The fourth-order valence-corrected chi connectivity index (χ4v) is 1.49. The number of aliphatic carboxylic acids is 2. The minimum absolute atomic E-state index is 0.0239. The van der Waals surface area contributed by atoms with Crippen molar-refractivity contribution in [3.63, 3.8) is 0 Å². The molecule has 0 saturated carbocycles. The lowest BCUT2D eigenvalue weighted by Gasteiger charge is -2.23. The average molecular weight is 260 g/mol. The Morgan fingerprint density at radius 3 is 2.06 bits per heavy atom. The van der Waals surface area contributed by atoms with Crippen molar-refractivity contribution in [2.75, 3.05) is 6.54 Å². The van der Waals surface area contributed by atoms with Gasteiger partial charge < -0.3 is 20.8 Å². The second kappa shape index (κ2) is 7.65. The number of carbonyl (C=O) groups is 3. The predicted molar refractivity (Wildman–Crippen MR) is 64.1 cm³/mol. The van der Waals surface area contributed by atoms with E-state index in [4.69, 9.17) is 10.2 Å². The van der Waals surface area contributed by atoms with Crippen molar-refractivity contribution in [2.45, 2.75) is 39.3 Å². The number of carboxylic acids is 2. The molecule has 0 rings (SSSR count). The smallest absolute Gasteiger partial charge is 0.326 e. The van der Waals surface area contributed by atoms with E-state index in [1.165, 1.54) is 0 Å². The van der Waals surface area contributed by atoms with E-state index < -0.39 is 36.4 Å². The number of likely N-dealkylation sites (N-methyl/N-ethyl adjacent to an activating group) is 1. The van der Waals surface area contributed by atoms with E-state index in [-0.39, 0.29) is 5.92 Å². The molecule has 7 heteroatoms. The van der Waals surface area contributed by atoms with Crippen molar-refractivity contribution in [3.8, 4) is 0 Å². The maximum atomic E-state index is 11.8. The van der Waals surface area contributed by atoms with Gasteiger partial charge in [0.1, 0.15) is 6.04 Å². The molecule has 0 aliphatic carbocycles. The third-order valence-corrected chi connectivity index (χ3v) is 2.37. The van der Waals surface area contributed by atoms with E-state index in [0.717, 1.165) is 0 Å². The standard InChI is InChI=1S/C11H20N2O5/c1-4-12-9(6(2)3)10(16)13-7(11(17)18)5-8(14)15/h6-7,9,12H,4-5H2,1-3H3,(H,13,16)(H,14,15)(H,17,18)/t7-,9-/m0/s1. The highest BCUT2D eigenvalue weighted by molar-refractivity contribution is 5.89. The molecule has 0 radical (unpaired) electrons. The Morgan fingerprint density at radius 1 is 1.17 bits per heavy atom. The summed E-state index contributed by atoms with van der Waals surface area (Å²) in [5.74, 6) is -3.15. The molecule has 104 valence electrons. The quantitative estimate of drug-likeness (QED) is 0.474. The van der Waals surface area contributed by atoms with Gasteiger partial charge in [0.2, 0.25) is 5.91 Å². The summed E-state index contributed by atoms with van der Waals surface area (Å²) in [5, 5.41) is 22.5. The maximum absolute atomic E-state index is 11.8. The molecule has 4 N–H and O–H groups in total. The molecule has 0 aliphatic heterocycles. The first-order chi connectivity index (χ1) is 8.29. The third-order valence-electron chi connectivity index (χ3n) is 2.37. The lowest BCUT2D eigenvalue weighted by molar-refractivity contribution is -0.147. The normalized spacial score (nSPS) is 14.0. The van der Waals surface area contributed by atoms with Gasteiger partial charge in [0.25, 0.3) is 0 Å². The van der Waals surface area contributed by atoms with Crippen LogP contribution in [0.3, 0.4) is 0 Å². The Bertz CT molecular complexity index is 317. The van der Waals surface area contributed by atoms with Gasteiger partial charge in [-0.25, -0.2) is 4.79 Å². The lowest BCUT2D eigenvalue weighted by Crippen LogP contribution is -2.52. The third kappa shape index (κ3) is 5.62. The Balaban J connectivity index is 4.65. The van der Waals surface area contributed by atoms with Crippen LogP contribution in [0.2, 0.25) is 0 Å². The van der Waals surface area contributed by atoms with Crippen LogP contribution >= 0.6 is 0 Å². The molecule has 0 spiro atoms. The molecule has 0 aromatic carbocycles. The van der Waals surface area contributed by atoms with E-state index in [2.05, 4.69) is 10.6 Å². The summed E-state index contributed by atoms with van der Waals surface area (Å²) in [5.41, 5.74) is 0. The summed E-state index contributed by atoms with van der Waals surface area (Å²) in [6.45, 7) is 6.03. The molecule has 0 aromatic heterocycles. The number of amides is 1. The van der Waals surface area contributed by atoms with E-state index >= 15 is 0 Å². The number of nitrogens with one attached hydrogen (secondary N) is 2. The van der Waals surface area contributed by atoms with Crippen molar-refractivity contribution >= 4 is 17.8 Å². The zero-order valence-electron chi connectivity index (χ0n) is 10.8. The maximum Gasteiger partial charge on any atom is 0.326 e. The van der Waals surface area contributed by atoms with Crippen LogP contribution in [-0.4, -0.2) is 46.7 Å². The number of rotatable bonds is 8. The van der Waals surface area contributed by atoms with Gasteiger partial charge in [0, 0.05) is 0 Å². The van der Waals surface area contributed by atoms with E-state index in [9.17, 15) is 14.4 Å². The summed E-state index contributed by atoms with van der Waals surface area (Å²) in [4.78, 5) is 33.2. The summed E-state index contributed by atoms with van der Waals surface area (Å²) in [6.07, 6.45) is -0.641. The molecular weight excluding hydrogens is 240 g/mol. The minimum Gasteiger partial charge on any atom is -0.481 e. The Labute approximate surface area is 106 Å². The van der Waals surface area contributed by atoms with Gasteiger partial charge in [-0.2, -0.15) is 0 Å². The van der Waals surface area contributed by atoms with Gasteiger partial charge in [-0.15, -0.1) is 0 Å². The Kier molecular flexibility index (Phi) is 6.96. The van der Waals surface area contributed by atoms with Gasteiger partial charge in [0.05, 0.1) is 12.5 Å². The minimum atomic E-state index is -1.41. The molecular formula is C11H20N2O5. The second-order valence-electron chi connectivity index (χ2n) is 4.28. The van der Waals surface area contributed by atoms with Crippen LogP contribution in [0.5, 0.6) is 0 Å². The van der Waals surface area contributed by atoms with Crippen LogP contribution in [0, 0.1) is 5.92 Å². The molecule has 0 saturated heterocycles. The van der Waals surface area contributed by atoms with Crippen LogP contribution in [0.25, 0.3) is 0 Å². The molecule has 1 amide bonds. The number of hydrogen-bond donors (Lipinski definition) is 4. The number of carboxylic acid groups (broad SMARTS) is 2. The molecule has 7 nitrogen and oxygen atoms in total. The topological polar surface area (TPSA) is 116 Å². The van der Waals surface area contributed by atoms with Crippen molar-refractivity contribution < 1.29 is 24.6 Å². The molecule has 0 aromatic rings. The van der Waals surface area contributed by atoms with Crippen LogP contribution in [0.15, 0.2) is 0 Å².